The van der Waals surface area contributed by atoms with Crippen LogP contribution in [0.3, 0.4) is 0 Å². The molecule has 1 amide bonds. The molecule has 170 valence electrons. The number of hydrogen-bond acceptors (Lipinski definition) is 3. The van der Waals surface area contributed by atoms with Crippen molar-refractivity contribution in [2.24, 2.45) is 23.7 Å². The highest BCUT2D eigenvalue weighted by Gasteiger charge is 2.57. The lowest BCUT2D eigenvalue weighted by Crippen LogP contribution is -2.51. The zero-order chi connectivity index (χ0) is 22.1. The van der Waals surface area contributed by atoms with Gasteiger partial charge in [0.1, 0.15) is 0 Å². The topological polar surface area (TPSA) is 43.8 Å². The van der Waals surface area contributed by atoms with Crippen molar-refractivity contribution in [1.29, 1.82) is 0 Å². The van der Waals surface area contributed by atoms with Gasteiger partial charge < -0.3 is 10.0 Å². The van der Waals surface area contributed by atoms with E-state index in [1.807, 2.05) is 35.2 Å². The van der Waals surface area contributed by atoms with Crippen molar-refractivity contribution in [2.75, 3.05) is 26.2 Å². The predicted octanol–water partition coefficient (Wildman–Crippen LogP) is 4.29. The molecule has 32 heavy (non-hydrogen) atoms. The van der Waals surface area contributed by atoms with E-state index in [0.29, 0.717) is 24.3 Å². The number of carbonyl (C=O) groups excluding carboxylic acids is 1. The number of piperidine rings is 1. The molecule has 0 spiro atoms. The molecular formula is C28H36N2O2. The third-order valence-corrected chi connectivity index (χ3v) is 8.28. The van der Waals surface area contributed by atoms with Gasteiger partial charge in [-0.2, -0.15) is 0 Å². The third-order valence-electron chi connectivity index (χ3n) is 8.28. The fourth-order valence-electron chi connectivity index (χ4n) is 6.40. The van der Waals surface area contributed by atoms with E-state index in [4.69, 9.17) is 0 Å². The number of amides is 1. The van der Waals surface area contributed by atoms with Gasteiger partial charge in [-0.15, -0.1) is 0 Å². The van der Waals surface area contributed by atoms with Gasteiger partial charge in [0.25, 0.3) is 5.91 Å². The summed E-state index contributed by atoms with van der Waals surface area (Å²) in [5.74, 6) is 1.90. The molecule has 1 N–H and O–H groups in total. The second-order valence-electron chi connectivity index (χ2n) is 10.1. The molecule has 3 fully saturated rings. The van der Waals surface area contributed by atoms with Gasteiger partial charge in [-0.1, -0.05) is 73.5 Å². The smallest absolute Gasteiger partial charge is 0.259 e. The first kappa shape index (κ1) is 21.7. The van der Waals surface area contributed by atoms with E-state index in [1.54, 1.807) is 0 Å². The average Bonchev–Trinajstić information content (AvgIpc) is 3.24. The Morgan fingerprint density at radius 3 is 2.19 bits per heavy atom. The number of fused-ring (bicyclic) bond motifs is 1. The predicted molar refractivity (Wildman–Crippen MR) is 127 cm³/mol. The second kappa shape index (κ2) is 8.99. The standard InChI is InChI=1S/C28H36N2O2/c1-2-30(20-26-24-18-29(19-25(24)26)17-21-11-5-3-6-12-21)27(31)28(32,23-15-9-10-16-23)22-13-7-4-8-14-22/h3-8,11-14,23-26,32H,2,9-10,15-20H2,1H3. The fraction of sp³-hybridized carbons (Fsp3) is 0.536. The molecule has 4 heteroatoms. The van der Waals surface area contributed by atoms with Gasteiger partial charge in [0, 0.05) is 38.6 Å². The van der Waals surface area contributed by atoms with Gasteiger partial charge in [0.2, 0.25) is 0 Å². The number of likely N-dealkylation sites (tertiary alicyclic amines) is 1. The van der Waals surface area contributed by atoms with Gasteiger partial charge >= 0.3 is 0 Å². The van der Waals surface area contributed by atoms with Crippen molar-refractivity contribution in [1.82, 2.24) is 9.80 Å². The van der Waals surface area contributed by atoms with E-state index in [0.717, 1.165) is 57.4 Å². The van der Waals surface area contributed by atoms with Gasteiger partial charge in [0.15, 0.2) is 5.60 Å². The van der Waals surface area contributed by atoms with Gasteiger partial charge in [0.05, 0.1) is 0 Å². The molecule has 1 heterocycles. The summed E-state index contributed by atoms with van der Waals surface area (Å²) in [7, 11) is 0. The Kier molecular flexibility index (Phi) is 6.09. The monoisotopic (exact) mass is 432 g/mol. The Morgan fingerprint density at radius 2 is 1.59 bits per heavy atom. The van der Waals surface area contributed by atoms with Crippen LogP contribution in [0.4, 0.5) is 0 Å². The number of nitrogens with zero attached hydrogens (tertiary/aromatic N) is 2. The summed E-state index contributed by atoms with van der Waals surface area (Å²) in [6.07, 6.45) is 4.06. The molecule has 0 radical (unpaired) electrons. The summed E-state index contributed by atoms with van der Waals surface area (Å²) in [5, 5.41) is 11.9. The maximum atomic E-state index is 13.8. The quantitative estimate of drug-likeness (QED) is 0.677. The lowest BCUT2D eigenvalue weighted by molar-refractivity contribution is -0.159. The van der Waals surface area contributed by atoms with Crippen LogP contribution in [0.1, 0.15) is 43.7 Å². The molecule has 0 aromatic heterocycles. The highest BCUT2D eigenvalue weighted by Crippen LogP contribution is 2.52. The second-order valence-corrected chi connectivity index (χ2v) is 10.1. The molecule has 0 bridgehead atoms. The van der Waals surface area contributed by atoms with Crippen LogP contribution in [0, 0.1) is 23.7 Å². The molecule has 1 aliphatic heterocycles. The van der Waals surface area contributed by atoms with E-state index in [9.17, 15) is 9.90 Å². The SMILES string of the molecule is CCN(CC1C2CN(Cc3ccccc3)CC21)C(=O)C(O)(c1ccccc1)C1CCCC1. The molecule has 1 saturated heterocycles. The Morgan fingerprint density at radius 1 is 1.00 bits per heavy atom. The molecule has 2 saturated carbocycles. The average molecular weight is 433 g/mol. The Bertz CT molecular complexity index is 900. The molecule has 3 aliphatic rings. The zero-order valence-electron chi connectivity index (χ0n) is 19.2. The van der Waals surface area contributed by atoms with E-state index in [-0.39, 0.29) is 11.8 Å². The molecule has 3 unspecified atom stereocenters. The first-order chi connectivity index (χ1) is 15.6. The molecule has 2 aromatic rings. The van der Waals surface area contributed by atoms with E-state index >= 15 is 0 Å². The molecule has 4 nitrogen and oxygen atoms in total. The maximum Gasteiger partial charge on any atom is 0.259 e. The summed E-state index contributed by atoms with van der Waals surface area (Å²) in [6.45, 7) is 6.77. The summed E-state index contributed by atoms with van der Waals surface area (Å²) >= 11 is 0. The van der Waals surface area contributed by atoms with Crippen LogP contribution in [0.2, 0.25) is 0 Å². The first-order valence-electron chi connectivity index (χ1n) is 12.4. The summed E-state index contributed by atoms with van der Waals surface area (Å²) in [6, 6.07) is 20.4. The molecule has 2 aromatic carbocycles. The number of likely N-dealkylation sites (N-methyl/N-ethyl adjacent to an activating group) is 1. The van der Waals surface area contributed by atoms with Crippen LogP contribution in [0.15, 0.2) is 60.7 Å². The summed E-state index contributed by atoms with van der Waals surface area (Å²) < 4.78 is 0. The lowest BCUT2D eigenvalue weighted by Gasteiger charge is -2.38. The number of benzene rings is 2. The first-order valence-corrected chi connectivity index (χ1v) is 12.4. The van der Waals surface area contributed by atoms with Crippen LogP contribution < -0.4 is 0 Å². The van der Waals surface area contributed by atoms with Crippen molar-refractivity contribution in [2.45, 2.75) is 44.8 Å². The van der Waals surface area contributed by atoms with Crippen LogP contribution >= 0.6 is 0 Å². The summed E-state index contributed by atoms with van der Waals surface area (Å²) in [4.78, 5) is 18.3. The number of aliphatic hydroxyl groups is 1. The van der Waals surface area contributed by atoms with Crippen LogP contribution in [0.25, 0.3) is 0 Å². The van der Waals surface area contributed by atoms with Crippen molar-refractivity contribution < 1.29 is 9.90 Å². The van der Waals surface area contributed by atoms with Crippen LogP contribution in [0.5, 0.6) is 0 Å². The van der Waals surface area contributed by atoms with Crippen molar-refractivity contribution in [3.05, 3.63) is 71.8 Å². The van der Waals surface area contributed by atoms with Gasteiger partial charge in [-0.3, -0.25) is 9.69 Å². The third kappa shape index (κ3) is 3.99. The number of carbonyl (C=O) groups is 1. The molecule has 5 rings (SSSR count). The van der Waals surface area contributed by atoms with Gasteiger partial charge in [-0.05, 0) is 48.6 Å². The minimum atomic E-state index is -1.39. The molecule has 3 atom stereocenters. The minimum absolute atomic E-state index is 0.0199. The number of hydrogen-bond donors (Lipinski definition) is 1. The Hall–Kier alpha value is -2.17. The molecular weight excluding hydrogens is 396 g/mol. The fourth-order valence-corrected chi connectivity index (χ4v) is 6.40. The van der Waals surface area contributed by atoms with Gasteiger partial charge in [-0.25, -0.2) is 0 Å². The van der Waals surface area contributed by atoms with E-state index in [2.05, 4.69) is 42.2 Å². The Balaban J connectivity index is 1.25. The van der Waals surface area contributed by atoms with E-state index in [1.165, 1.54) is 5.56 Å². The molecule has 2 aliphatic carbocycles. The van der Waals surface area contributed by atoms with Crippen molar-refractivity contribution >= 4 is 5.91 Å². The largest absolute Gasteiger partial charge is 0.375 e. The van der Waals surface area contributed by atoms with Crippen molar-refractivity contribution in [3.63, 3.8) is 0 Å². The summed E-state index contributed by atoms with van der Waals surface area (Å²) in [5.41, 5.74) is 0.748. The normalized spacial score (nSPS) is 27.1. The zero-order valence-corrected chi connectivity index (χ0v) is 19.2. The highest BCUT2D eigenvalue weighted by atomic mass is 16.3. The minimum Gasteiger partial charge on any atom is -0.375 e. The van der Waals surface area contributed by atoms with E-state index < -0.39 is 5.60 Å². The lowest BCUT2D eigenvalue weighted by atomic mass is 9.79. The highest BCUT2D eigenvalue weighted by molar-refractivity contribution is 5.87. The van der Waals surface area contributed by atoms with Crippen LogP contribution in [-0.2, 0) is 16.9 Å². The Labute approximate surface area is 192 Å². The van der Waals surface area contributed by atoms with Crippen LogP contribution in [-0.4, -0.2) is 47.0 Å². The number of rotatable bonds is 8. The maximum absolute atomic E-state index is 13.8. The van der Waals surface area contributed by atoms with Crippen molar-refractivity contribution in [3.8, 4) is 0 Å².